The van der Waals surface area contributed by atoms with Gasteiger partial charge in [-0.05, 0) is 63.2 Å². The average molecular weight is 266 g/mol. The molecule has 0 amide bonds. The van der Waals surface area contributed by atoms with Crippen molar-refractivity contribution in [3.8, 4) is 0 Å². The Morgan fingerprint density at radius 2 is 1.53 bits per heavy atom. The lowest BCUT2D eigenvalue weighted by Gasteiger charge is -2.56. The number of hydrogen-bond donors (Lipinski definition) is 0. The Hall–Kier alpha value is -0.0800. The van der Waals surface area contributed by atoms with Gasteiger partial charge in [-0.15, -0.1) is 0 Å². The van der Waals surface area contributed by atoms with Crippen molar-refractivity contribution in [3.63, 3.8) is 0 Å². The molecule has 0 atom stereocenters. The molecule has 4 aliphatic carbocycles. The number of quaternary nitrogens is 1. The van der Waals surface area contributed by atoms with Crippen LogP contribution in [0.5, 0.6) is 0 Å². The highest BCUT2D eigenvalue weighted by molar-refractivity contribution is 5.03. The highest BCUT2D eigenvalue weighted by atomic mass is 16.5. The van der Waals surface area contributed by atoms with Crippen LogP contribution in [0.2, 0.25) is 0 Å². The molecular weight excluding hydrogens is 234 g/mol. The molecule has 0 aliphatic heterocycles. The molecule has 0 heterocycles. The van der Waals surface area contributed by atoms with E-state index in [4.69, 9.17) is 4.74 Å². The molecule has 19 heavy (non-hydrogen) atoms. The molecule has 0 N–H and O–H groups in total. The van der Waals surface area contributed by atoms with E-state index in [1.165, 1.54) is 58.0 Å². The Bertz CT molecular complexity index is 288. The fourth-order valence-corrected chi connectivity index (χ4v) is 5.15. The molecule has 2 heteroatoms. The zero-order chi connectivity index (χ0) is 13.5. The van der Waals surface area contributed by atoms with E-state index >= 15 is 0 Å². The number of hydrogen-bond acceptors (Lipinski definition) is 1. The van der Waals surface area contributed by atoms with Crippen molar-refractivity contribution in [1.82, 2.24) is 0 Å². The summed E-state index contributed by atoms with van der Waals surface area (Å²) < 4.78 is 7.60. The van der Waals surface area contributed by atoms with Crippen LogP contribution in [-0.2, 0) is 4.74 Å². The molecular formula is C17H32NO+. The first kappa shape index (κ1) is 13.9. The smallest absolute Gasteiger partial charge is 0.0804 e. The lowest BCUT2D eigenvalue weighted by molar-refractivity contribution is -0.888. The summed E-state index contributed by atoms with van der Waals surface area (Å²) in [6, 6.07) is 0. The number of rotatable bonds is 6. The van der Waals surface area contributed by atoms with Gasteiger partial charge in [-0.1, -0.05) is 0 Å². The van der Waals surface area contributed by atoms with Gasteiger partial charge in [0.15, 0.2) is 0 Å². The molecule has 0 spiro atoms. The Balaban J connectivity index is 1.48. The summed E-state index contributed by atoms with van der Waals surface area (Å²) in [5, 5.41) is 0. The molecule has 2 nitrogen and oxygen atoms in total. The quantitative estimate of drug-likeness (QED) is 0.528. The van der Waals surface area contributed by atoms with Crippen molar-refractivity contribution in [3.05, 3.63) is 0 Å². The third-order valence-electron chi connectivity index (χ3n) is 6.15. The molecule has 0 aromatic rings. The topological polar surface area (TPSA) is 9.23 Å². The van der Waals surface area contributed by atoms with E-state index < -0.39 is 0 Å². The average Bonchev–Trinajstić information content (AvgIpc) is 2.33. The Morgan fingerprint density at radius 3 is 2.00 bits per heavy atom. The third-order valence-corrected chi connectivity index (χ3v) is 6.15. The first-order valence-electron chi connectivity index (χ1n) is 8.46. The molecule has 0 radical (unpaired) electrons. The summed E-state index contributed by atoms with van der Waals surface area (Å²) in [4.78, 5) is 0. The van der Waals surface area contributed by atoms with Gasteiger partial charge in [0.05, 0.1) is 39.4 Å². The summed E-state index contributed by atoms with van der Waals surface area (Å²) in [6.45, 7) is 5.74. The minimum Gasteiger partial charge on any atom is -0.375 e. The first-order valence-corrected chi connectivity index (χ1v) is 8.46. The fraction of sp³-hybridized carbons (Fsp3) is 1.00. The Labute approximate surface area is 119 Å². The van der Waals surface area contributed by atoms with Gasteiger partial charge in [0, 0.05) is 6.42 Å². The molecule has 4 saturated carbocycles. The van der Waals surface area contributed by atoms with Crippen LogP contribution < -0.4 is 0 Å². The summed E-state index contributed by atoms with van der Waals surface area (Å²) in [5.74, 6) is 3.03. The summed E-state index contributed by atoms with van der Waals surface area (Å²) in [6.07, 6.45) is 9.91. The summed E-state index contributed by atoms with van der Waals surface area (Å²) in [5.41, 5.74) is 0.318. The van der Waals surface area contributed by atoms with Crippen molar-refractivity contribution in [2.75, 3.05) is 33.8 Å². The monoisotopic (exact) mass is 266 g/mol. The standard InChI is InChI=1S/C17H32NO/c1-4-18(2,3)6-5-7-19-17-11-14-8-15(12-17)10-16(9-14)13-17/h14-16H,4-13H2,1-3H3/q+1. The zero-order valence-electron chi connectivity index (χ0n) is 13.2. The van der Waals surface area contributed by atoms with Gasteiger partial charge in [-0.25, -0.2) is 0 Å². The highest BCUT2D eigenvalue weighted by Crippen LogP contribution is 2.57. The lowest BCUT2D eigenvalue weighted by Crippen LogP contribution is -2.52. The van der Waals surface area contributed by atoms with Crippen LogP contribution in [0.25, 0.3) is 0 Å². The maximum absolute atomic E-state index is 6.47. The van der Waals surface area contributed by atoms with E-state index in [0.29, 0.717) is 5.60 Å². The Kier molecular flexibility index (Phi) is 3.68. The number of nitrogens with zero attached hydrogens (tertiary/aromatic N) is 1. The van der Waals surface area contributed by atoms with Gasteiger partial charge in [-0.3, -0.25) is 0 Å². The minimum atomic E-state index is 0.318. The van der Waals surface area contributed by atoms with Crippen molar-refractivity contribution in [2.24, 2.45) is 17.8 Å². The van der Waals surface area contributed by atoms with Crippen LogP contribution in [0.3, 0.4) is 0 Å². The molecule has 4 aliphatic rings. The summed E-state index contributed by atoms with van der Waals surface area (Å²) >= 11 is 0. The van der Waals surface area contributed by atoms with E-state index in [0.717, 1.165) is 28.8 Å². The van der Waals surface area contributed by atoms with E-state index in [1.54, 1.807) is 0 Å². The predicted octanol–water partition coefficient (Wildman–Crippen LogP) is 3.46. The van der Waals surface area contributed by atoms with Crippen LogP contribution in [0, 0.1) is 17.8 Å². The van der Waals surface area contributed by atoms with E-state index in [-0.39, 0.29) is 0 Å². The molecule has 110 valence electrons. The van der Waals surface area contributed by atoms with Crippen LogP contribution in [0.15, 0.2) is 0 Å². The summed E-state index contributed by atoms with van der Waals surface area (Å²) in [7, 11) is 4.65. The Morgan fingerprint density at radius 1 is 1.00 bits per heavy atom. The molecule has 4 rings (SSSR count). The molecule has 0 unspecified atom stereocenters. The van der Waals surface area contributed by atoms with Gasteiger partial charge in [0.1, 0.15) is 0 Å². The van der Waals surface area contributed by atoms with E-state index in [1.807, 2.05) is 0 Å². The van der Waals surface area contributed by atoms with Crippen LogP contribution in [-0.4, -0.2) is 43.9 Å². The van der Waals surface area contributed by atoms with Crippen molar-refractivity contribution in [1.29, 1.82) is 0 Å². The second kappa shape index (κ2) is 5.04. The van der Waals surface area contributed by atoms with Crippen LogP contribution in [0.4, 0.5) is 0 Å². The maximum atomic E-state index is 6.47. The van der Waals surface area contributed by atoms with Crippen molar-refractivity contribution >= 4 is 0 Å². The molecule has 0 aromatic carbocycles. The van der Waals surface area contributed by atoms with Gasteiger partial charge >= 0.3 is 0 Å². The van der Waals surface area contributed by atoms with E-state index in [9.17, 15) is 0 Å². The van der Waals surface area contributed by atoms with Gasteiger partial charge in [-0.2, -0.15) is 0 Å². The van der Waals surface area contributed by atoms with Gasteiger partial charge in [0.25, 0.3) is 0 Å². The zero-order valence-corrected chi connectivity index (χ0v) is 13.2. The normalized spacial score (nSPS) is 40.9. The van der Waals surface area contributed by atoms with E-state index in [2.05, 4.69) is 21.0 Å². The second-order valence-electron chi connectivity index (χ2n) is 8.28. The first-order chi connectivity index (χ1) is 9.00. The van der Waals surface area contributed by atoms with Crippen LogP contribution in [0.1, 0.15) is 51.9 Å². The van der Waals surface area contributed by atoms with Crippen LogP contribution >= 0.6 is 0 Å². The second-order valence-corrected chi connectivity index (χ2v) is 8.28. The SMILES string of the molecule is CC[N+](C)(C)CCCOC12CC3CC(CC(C3)C1)C2. The molecule has 0 aromatic heterocycles. The number of ether oxygens (including phenoxy) is 1. The molecule has 4 fully saturated rings. The van der Waals surface area contributed by atoms with Crippen molar-refractivity contribution < 1.29 is 9.22 Å². The molecule has 0 saturated heterocycles. The van der Waals surface area contributed by atoms with Gasteiger partial charge in [0.2, 0.25) is 0 Å². The predicted molar refractivity (Wildman–Crippen MR) is 79.0 cm³/mol. The molecule has 4 bridgehead atoms. The fourth-order valence-electron chi connectivity index (χ4n) is 5.15. The maximum Gasteiger partial charge on any atom is 0.0804 e. The largest absolute Gasteiger partial charge is 0.375 e. The third kappa shape index (κ3) is 3.00. The highest BCUT2D eigenvalue weighted by Gasteiger charge is 2.51. The lowest BCUT2D eigenvalue weighted by atomic mass is 9.54. The van der Waals surface area contributed by atoms with Gasteiger partial charge < -0.3 is 9.22 Å². The van der Waals surface area contributed by atoms with Crippen molar-refractivity contribution in [2.45, 2.75) is 57.5 Å². The minimum absolute atomic E-state index is 0.318.